The van der Waals surface area contributed by atoms with Crippen molar-refractivity contribution in [1.82, 2.24) is 4.90 Å². The van der Waals surface area contributed by atoms with E-state index in [4.69, 9.17) is 5.73 Å². The van der Waals surface area contributed by atoms with Crippen molar-refractivity contribution in [1.29, 1.82) is 0 Å². The average molecular weight is 291 g/mol. The minimum Gasteiger partial charge on any atom is -0.371 e. The molecule has 0 saturated carbocycles. The van der Waals surface area contributed by atoms with Gasteiger partial charge >= 0.3 is 0 Å². The third kappa shape index (κ3) is 3.06. The lowest BCUT2D eigenvalue weighted by molar-refractivity contribution is 0.271. The van der Waals surface area contributed by atoms with E-state index in [0.717, 1.165) is 43.9 Å². The quantitative estimate of drug-likeness (QED) is 0.925. The Hall–Kier alpha value is -1.13. The van der Waals surface area contributed by atoms with Crippen molar-refractivity contribution >= 4 is 5.69 Å². The van der Waals surface area contributed by atoms with Gasteiger partial charge in [-0.1, -0.05) is 13.0 Å². The first-order valence-electron chi connectivity index (χ1n) is 8.06. The molecule has 0 amide bonds. The maximum atomic E-state index is 14.4. The SMILES string of the molecule is CC1(CN)CCN(Cc2c(F)cccc2N2CCCC2)C1. The number of benzene rings is 1. The Bertz CT molecular complexity index is 499. The first kappa shape index (κ1) is 14.8. The summed E-state index contributed by atoms with van der Waals surface area (Å²) in [6, 6.07) is 5.50. The minimum absolute atomic E-state index is 0.0687. The summed E-state index contributed by atoms with van der Waals surface area (Å²) in [5.41, 5.74) is 8.02. The molecule has 4 heteroatoms. The lowest BCUT2D eigenvalue weighted by Crippen LogP contribution is -2.31. The van der Waals surface area contributed by atoms with E-state index in [-0.39, 0.29) is 11.2 Å². The van der Waals surface area contributed by atoms with Crippen molar-refractivity contribution in [3.63, 3.8) is 0 Å². The van der Waals surface area contributed by atoms with Gasteiger partial charge < -0.3 is 10.6 Å². The van der Waals surface area contributed by atoms with Crippen molar-refractivity contribution < 1.29 is 4.39 Å². The molecule has 1 aromatic rings. The first-order chi connectivity index (χ1) is 10.1. The summed E-state index contributed by atoms with van der Waals surface area (Å²) in [6.45, 7) is 7.73. The van der Waals surface area contributed by atoms with Crippen LogP contribution in [0.3, 0.4) is 0 Å². The van der Waals surface area contributed by atoms with Crippen LogP contribution in [0.4, 0.5) is 10.1 Å². The molecule has 21 heavy (non-hydrogen) atoms. The highest BCUT2D eigenvalue weighted by Gasteiger charge is 2.33. The zero-order valence-electron chi connectivity index (χ0n) is 12.9. The van der Waals surface area contributed by atoms with Gasteiger partial charge in [0.15, 0.2) is 0 Å². The maximum absolute atomic E-state index is 14.4. The van der Waals surface area contributed by atoms with Crippen LogP contribution >= 0.6 is 0 Å². The second-order valence-electron chi connectivity index (χ2n) is 6.91. The summed E-state index contributed by atoms with van der Waals surface area (Å²) in [5, 5.41) is 0. The largest absolute Gasteiger partial charge is 0.371 e. The molecule has 0 bridgehead atoms. The van der Waals surface area contributed by atoms with Crippen LogP contribution in [0.5, 0.6) is 0 Å². The lowest BCUT2D eigenvalue weighted by atomic mass is 9.90. The molecule has 2 fully saturated rings. The highest BCUT2D eigenvalue weighted by Crippen LogP contribution is 2.33. The lowest BCUT2D eigenvalue weighted by Gasteiger charge is -2.26. The number of hydrogen-bond donors (Lipinski definition) is 1. The Morgan fingerprint density at radius 2 is 2.00 bits per heavy atom. The molecule has 1 aromatic carbocycles. The van der Waals surface area contributed by atoms with Gasteiger partial charge in [0.05, 0.1) is 0 Å². The first-order valence-corrected chi connectivity index (χ1v) is 8.06. The standard InChI is InChI=1S/C17H26FN3/c1-17(12-19)7-10-20(13-17)11-14-15(18)5-4-6-16(14)21-8-2-3-9-21/h4-6H,2-3,7-13,19H2,1H3. The van der Waals surface area contributed by atoms with Gasteiger partial charge in [0.2, 0.25) is 0 Å². The number of halogens is 1. The van der Waals surface area contributed by atoms with Crippen molar-refractivity contribution in [2.75, 3.05) is 37.6 Å². The maximum Gasteiger partial charge on any atom is 0.129 e. The second-order valence-corrected chi connectivity index (χ2v) is 6.91. The van der Waals surface area contributed by atoms with Crippen molar-refractivity contribution in [2.24, 2.45) is 11.1 Å². The zero-order chi connectivity index (χ0) is 14.9. The fourth-order valence-corrected chi connectivity index (χ4v) is 3.61. The minimum atomic E-state index is -0.0687. The Balaban J connectivity index is 1.79. The number of nitrogens with zero attached hydrogens (tertiary/aromatic N) is 2. The van der Waals surface area contributed by atoms with Crippen LogP contribution in [-0.2, 0) is 6.54 Å². The van der Waals surface area contributed by atoms with Crippen molar-refractivity contribution in [3.8, 4) is 0 Å². The number of rotatable bonds is 4. The van der Waals surface area contributed by atoms with E-state index in [2.05, 4.69) is 22.8 Å². The monoisotopic (exact) mass is 291 g/mol. The Morgan fingerprint density at radius 3 is 2.67 bits per heavy atom. The van der Waals surface area contributed by atoms with E-state index in [9.17, 15) is 4.39 Å². The van der Waals surface area contributed by atoms with Crippen LogP contribution in [0.15, 0.2) is 18.2 Å². The fraction of sp³-hybridized carbons (Fsp3) is 0.647. The van der Waals surface area contributed by atoms with Crippen LogP contribution in [0.25, 0.3) is 0 Å². The molecule has 0 spiro atoms. The van der Waals surface area contributed by atoms with E-state index >= 15 is 0 Å². The second kappa shape index (κ2) is 5.93. The highest BCUT2D eigenvalue weighted by atomic mass is 19.1. The summed E-state index contributed by atoms with van der Waals surface area (Å²) in [7, 11) is 0. The normalized spacial score (nSPS) is 26.7. The molecule has 2 N–H and O–H groups in total. The molecule has 116 valence electrons. The van der Waals surface area contributed by atoms with E-state index in [1.54, 1.807) is 6.07 Å². The molecule has 3 rings (SSSR count). The molecule has 2 heterocycles. The highest BCUT2D eigenvalue weighted by molar-refractivity contribution is 5.54. The summed E-state index contributed by atoms with van der Waals surface area (Å²) in [5.74, 6) is -0.0687. The van der Waals surface area contributed by atoms with Crippen LogP contribution in [0.2, 0.25) is 0 Å². The van der Waals surface area contributed by atoms with E-state index in [1.807, 2.05) is 6.07 Å². The van der Waals surface area contributed by atoms with Gasteiger partial charge in [-0.15, -0.1) is 0 Å². The molecule has 2 aliphatic rings. The van der Waals surface area contributed by atoms with Gasteiger partial charge in [-0.3, -0.25) is 4.90 Å². The summed E-state index contributed by atoms with van der Waals surface area (Å²) in [6.07, 6.45) is 3.53. The van der Waals surface area contributed by atoms with Gasteiger partial charge in [0.1, 0.15) is 5.82 Å². The molecular weight excluding hydrogens is 265 g/mol. The van der Waals surface area contributed by atoms with Crippen LogP contribution in [0.1, 0.15) is 31.7 Å². The Kier molecular flexibility index (Phi) is 4.18. The summed E-state index contributed by atoms with van der Waals surface area (Å²) < 4.78 is 14.4. The van der Waals surface area contributed by atoms with Crippen LogP contribution < -0.4 is 10.6 Å². The predicted molar refractivity (Wildman–Crippen MR) is 84.9 cm³/mol. The van der Waals surface area contributed by atoms with Gasteiger partial charge in [0.25, 0.3) is 0 Å². The number of hydrogen-bond acceptors (Lipinski definition) is 3. The van der Waals surface area contributed by atoms with E-state index in [1.165, 1.54) is 12.8 Å². The smallest absolute Gasteiger partial charge is 0.129 e. The van der Waals surface area contributed by atoms with Gasteiger partial charge in [-0.05, 0) is 49.9 Å². The van der Waals surface area contributed by atoms with Gasteiger partial charge in [0, 0.05) is 37.4 Å². The molecule has 0 aliphatic carbocycles. The number of anilines is 1. The molecule has 1 atom stereocenters. The van der Waals surface area contributed by atoms with Crippen LogP contribution in [-0.4, -0.2) is 37.6 Å². The number of nitrogens with two attached hydrogens (primary N) is 1. The van der Waals surface area contributed by atoms with Gasteiger partial charge in [-0.2, -0.15) is 0 Å². The van der Waals surface area contributed by atoms with Crippen LogP contribution in [0, 0.1) is 11.2 Å². The van der Waals surface area contributed by atoms with E-state index < -0.39 is 0 Å². The molecule has 2 saturated heterocycles. The summed E-state index contributed by atoms with van der Waals surface area (Å²) in [4.78, 5) is 4.68. The third-order valence-electron chi connectivity index (χ3n) is 5.05. The Labute approximate surface area is 126 Å². The van der Waals surface area contributed by atoms with E-state index in [0.29, 0.717) is 13.1 Å². The molecule has 0 radical (unpaired) electrons. The van der Waals surface area contributed by atoms with Gasteiger partial charge in [-0.25, -0.2) is 4.39 Å². The van der Waals surface area contributed by atoms with Crippen molar-refractivity contribution in [2.45, 2.75) is 32.7 Å². The Morgan fingerprint density at radius 1 is 1.24 bits per heavy atom. The summed E-state index contributed by atoms with van der Waals surface area (Å²) >= 11 is 0. The molecule has 1 unspecified atom stereocenters. The molecule has 3 nitrogen and oxygen atoms in total. The topological polar surface area (TPSA) is 32.5 Å². The predicted octanol–water partition coefficient (Wildman–Crippen LogP) is 2.60. The number of likely N-dealkylation sites (tertiary alicyclic amines) is 1. The average Bonchev–Trinajstić information content (AvgIpc) is 3.12. The molecular formula is C17H26FN3. The zero-order valence-corrected chi connectivity index (χ0v) is 12.9. The fourth-order valence-electron chi connectivity index (χ4n) is 3.61. The van der Waals surface area contributed by atoms with Crippen molar-refractivity contribution in [3.05, 3.63) is 29.6 Å². The molecule has 2 aliphatic heterocycles. The third-order valence-corrected chi connectivity index (χ3v) is 5.05. The molecule has 0 aromatic heterocycles.